The van der Waals surface area contributed by atoms with Gasteiger partial charge in [-0.2, -0.15) is 49.6 Å². The number of hydrogen-bond donors (Lipinski definition) is 3. The molecule has 0 spiro atoms. The first-order valence-corrected chi connectivity index (χ1v) is 28.7. The van der Waals surface area contributed by atoms with E-state index < -0.39 is 169 Å². The fourth-order valence-corrected chi connectivity index (χ4v) is 10.8. The standard InChI is InChI=1S/C45H47ClF10N7O11PS2/c1-42(2,76(3,69)70)13-12-26-8-9-27(28-10-11-31(46)35-37(28)62(22-43(49,50)51)60-40(35)63(77(4,71)72)41(65)73-14-6-5-7-15-74-75(66,67)68)36(57-26)32(18-23-16-24(47)19-25(48)17-23)58-33(64)21-61-39-34(38(59-61)45(54,55)56)29-20-30(29)44(39,52)53/h8-11,16-17,19,29-30,32H,5-7,12-15,18,20-22H2,1-4H3,(H,58,64)(H2,66,67,68)/t29-,30?,32-/m0/s1. The van der Waals surface area contributed by atoms with Gasteiger partial charge in [-0.25, -0.2) is 35.0 Å². The normalized spacial score (nSPS) is 17.1. The lowest BCUT2D eigenvalue weighted by Gasteiger charge is -2.25. The quantitative estimate of drug-likeness (QED) is 0.0353. The number of nitrogens with one attached hydrogen (secondary N) is 1. The minimum Gasteiger partial charge on any atom is -0.448 e. The number of pyridine rings is 1. The van der Waals surface area contributed by atoms with Crippen molar-refractivity contribution in [2.75, 3.05) is 30.0 Å². The molecule has 2 aromatic carbocycles. The Morgan fingerprint density at radius 2 is 1.57 bits per heavy atom. The molecule has 2 aliphatic rings. The molecule has 18 nitrogen and oxygen atoms in total. The predicted octanol–water partition coefficient (Wildman–Crippen LogP) is 9.05. The highest BCUT2D eigenvalue weighted by molar-refractivity contribution is 7.92. The van der Waals surface area contributed by atoms with E-state index >= 15 is 8.78 Å². The molecular formula is C45H47ClF10N7O11PS2. The van der Waals surface area contributed by atoms with Crippen molar-refractivity contribution in [2.45, 2.75) is 107 Å². The van der Waals surface area contributed by atoms with Gasteiger partial charge in [-0.15, -0.1) is 0 Å². The summed E-state index contributed by atoms with van der Waals surface area (Å²) in [6.45, 7) is -1.47. The van der Waals surface area contributed by atoms with Crippen LogP contribution in [-0.2, 0) is 76.5 Å². The van der Waals surface area contributed by atoms with Gasteiger partial charge in [-0.1, -0.05) is 23.7 Å². The second kappa shape index (κ2) is 21.3. The molecular weight excluding hydrogens is 1140 g/mol. The van der Waals surface area contributed by atoms with Crippen LogP contribution in [0.25, 0.3) is 22.0 Å². The summed E-state index contributed by atoms with van der Waals surface area (Å²) in [5.74, 6) is -11.2. The topological polar surface area (TPSA) is 242 Å². The van der Waals surface area contributed by atoms with Gasteiger partial charge in [0.15, 0.2) is 21.3 Å². The largest absolute Gasteiger partial charge is 0.469 e. The number of carbonyl (C=O) groups is 2. The van der Waals surface area contributed by atoms with Gasteiger partial charge in [0.25, 0.3) is 5.92 Å². The van der Waals surface area contributed by atoms with Gasteiger partial charge in [0, 0.05) is 40.6 Å². The molecule has 2 aliphatic carbocycles. The van der Waals surface area contributed by atoms with Crippen molar-refractivity contribution in [3.05, 3.63) is 93.0 Å². The number of alkyl halides is 8. The third-order valence-electron chi connectivity index (χ3n) is 12.9. The molecule has 3 heterocycles. The number of benzene rings is 2. The second-order valence-corrected chi connectivity index (χ2v) is 25.3. The number of aromatic nitrogens is 5. The number of sulfonamides is 1. The molecule has 1 unspecified atom stereocenters. The van der Waals surface area contributed by atoms with Crippen LogP contribution in [0.4, 0.5) is 54.5 Å². The molecule has 5 aromatic rings. The van der Waals surface area contributed by atoms with E-state index in [0.29, 0.717) is 12.3 Å². The van der Waals surface area contributed by atoms with Crippen LogP contribution in [0.2, 0.25) is 5.02 Å². The van der Waals surface area contributed by atoms with Gasteiger partial charge in [-0.3, -0.25) is 23.7 Å². The number of phosphoric ester groups is 1. The fraction of sp³-hybridized carbons (Fsp3) is 0.489. The van der Waals surface area contributed by atoms with Crippen molar-refractivity contribution in [1.29, 1.82) is 0 Å². The van der Waals surface area contributed by atoms with E-state index in [1.807, 2.05) is 0 Å². The van der Waals surface area contributed by atoms with Gasteiger partial charge in [0.05, 0.1) is 51.9 Å². The Hall–Kier alpha value is -5.39. The zero-order valence-electron chi connectivity index (χ0n) is 40.7. The lowest BCUT2D eigenvalue weighted by atomic mass is 9.93. The molecule has 2 amide bonds. The first-order valence-electron chi connectivity index (χ1n) is 23.0. The van der Waals surface area contributed by atoms with Crippen LogP contribution in [0, 0.1) is 17.6 Å². The van der Waals surface area contributed by atoms with Crippen LogP contribution in [0.5, 0.6) is 0 Å². The fourth-order valence-electron chi connectivity index (χ4n) is 8.98. The van der Waals surface area contributed by atoms with E-state index in [2.05, 4.69) is 25.0 Å². The zero-order valence-corrected chi connectivity index (χ0v) is 44.0. The number of fused-ring (bicyclic) bond motifs is 4. The Labute approximate surface area is 437 Å². The van der Waals surface area contributed by atoms with Crippen molar-refractivity contribution < 1.29 is 93.9 Å². The minimum absolute atomic E-state index is 0.0266. The van der Waals surface area contributed by atoms with Crippen molar-refractivity contribution in [2.24, 2.45) is 5.92 Å². The van der Waals surface area contributed by atoms with Crippen molar-refractivity contribution in [3.8, 4) is 11.1 Å². The number of halogens is 11. The first kappa shape index (κ1) is 59.3. The summed E-state index contributed by atoms with van der Waals surface area (Å²) in [7, 11) is -13.5. The number of ether oxygens (including phenoxy) is 1. The predicted molar refractivity (Wildman–Crippen MR) is 255 cm³/mol. The Bertz CT molecular complexity index is 3390. The summed E-state index contributed by atoms with van der Waals surface area (Å²) >= 11 is 6.64. The smallest absolute Gasteiger partial charge is 0.448 e. The minimum atomic E-state index is -5.23. The monoisotopic (exact) mass is 1180 g/mol. The van der Waals surface area contributed by atoms with Crippen LogP contribution in [0.3, 0.4) is 0 Å². The summed E-state index contributed by atoms with van der Waals surface area (Å²) in [5.41, 5.74) is -5.49. The molecule has 77 heavy (non-hydrogen) atoms. The molecule has 0 bridgehead atoms. The lowest BCUT2D eigenvalue weighted by molar-refractivity contribution is -0.143. The van der Waals surface area contributed by atoms with Crippen LogP contribution >= 0.6 is 19.4 Å². The molecule has 0 aliphatic heterocycles. The second-order valence-electron chi connectivity index (χ2n) is 19.1. The first-order chi connectivity index (χ1) is 35.4. The van der Waals surface area contributed by atoms with Crippen LogP contribution < -0.4 is 9.62 Å². The molecule has 3 aromatic heterocycles. The maximum atomic E-state index is 15.6. The Morgan fingerprint density at radius 3 is 2.17 bits per heavy atom. The Kier molecular flexibility index (Phi) is 16.4. The van der Waals surface area contributed by atoms with Gasteiger partial charge >= 0.3 is 26.3 Å². The zero-order chi connectivity index (χ0) is 57.2. The number of nitrogens with zero attached hydrogens (tertiary/aromatic N) is 6. The molecule has 32 heteroatoms. The average Bonchev–Trinajstić information content (AvgIpc) is 3.79. The molecule has 0 saturated heterocycles. The number of sulfone groups is 1. The molecule has 3 N–H and O–H groups in total. The molecule has 0 radical (unpaired) electrons. The summed E-state index contributed by atoms with van der Waals surface area (Å²) in [4.78, 5) is 50.3. The van der Waals surface area contributed by atoms with Crippen LogP contribution in [0.1, 0.15) is 91.8 Å². The number of anilines is 1. The van der Waals surface area contributed by atoms with Crippen molar-refractivity contribution in [1.82, 2.24) is 29.9 Å². The highest BCUT2D eigenvalue weighted by Gasteiger charge is 2.68. The van der Waals surface area contributed by atoms with Gasteiger partial charge in [0.1, 0.15) is 30.4 Å². The lowest BCUT2D eigenvalue weighted by Crippen LogP contribution is -2.37. The van der Waals surface area contributed by atoms with E-state index in [1.54, 1.807) is 0 Å². The van der Waals surface area contributed by atoms with E-state index in [1.165, 1.54) is 26.0 Å². The summed E-state index contributed by atoms with van der Waals surface area (Å²) in [6, 6.07) is 5.02. The van der Waals surface area contributed by atoms with Crippen LogP contribution in [-0.4, -0.2) is 99.8 Å². The molecule has 422 valence electrons. The Balaban J connectivity index is 1.39. The highest BCUT2D eigenvalue weighted by Crippen LogP contribution is 2.68. The van der Waals surface area contributed by atoms with E-state index in [9.17, 15) is 66.1 Å². The van der Waals surface area contributed by atoms with Crippen molar-refractivity contribution >= 4 is 68.0 Å². The number of aryl methyl sites for hydroxylation is 1. The number of carbonyl (C=O) groups excluding carboxylic acids is 2. The number of amides is 2. The van der Waals surface area contributed by atoms with E-state index in [-0.39, 0.29) is 74.6 Å². The summed E-state index contributed by atoms with van der Waals surface area (Å²) < 4.78 is 219. The third kappa shape index (κ3) is 13.4. The third-order valence-corrected chi connectivity index (χ3v) is 16.9. The Morgan fingerprint density at radius 1 is 0.935 bits per heavy atom. The average molecular weight is 1180 g/mol. The number of hydrogen-bond acceptors (Lipinski definition) is 12. The van der Waals surface area contributed by atoms with Gasteiger partial charge in [-0.05, 0) is 94.5 Å². The SMILES string of the molecule is CC(C)(CCc1ccc(-c2ccc(Cl)c3c(N(C(=O)OCCCCCOP(=O)(O)O)S(C)(=O)=O)nn(CC(F)(F)F)c23)c([C@H](Cc2cc(F)cc(F)c2)NC(=O)Cn2nc(C(F)(F)F)c3c2C(F)(F)C2C[C@H]32)n1)S(C)(=O)=O. The van der Waals surface area contributed by atoms with E-state index in [4.69, 9.17) is 26.1 Å². The number of phosphoric acid groups is 1. The molecule has 7 rings (SSSR count). The number of unbranched alkanes of at least 4 members (excludes halogenated alkanes) is 2. The molecule has 1 saturated carbocycles. The van der Waals surface area contributed by atoms with E-state index in [0.717, 1.165) is 30.5 Å². The molecule has 1 fully saturated rings. The van der Waals surface area contributed by atoms with Crippen LogP contribution in [0.15, 0.2) is 42.5 Å². The van der Waals surface area contributed by atoms with Crippen molar-refractivity contribution in [3.63, 3.8) is 0 Å². The maximum Gasteiger partial charge on any atom is 0.469 e. The van der Waals surface area contributed by atoms with Gasteiger partial charge < -0.3 is 19.8 Å². The summed E-state index contributed by atoms with van der Waals surface area (Å²) in [6.07, 6.45) is -11.8. The number of rotatable bonds is 21. The summed E-state index contributed by atoms with van der Waals surface area (Å²) in [5, 5.41) is 8.61. The molecule has 3 atom stereocenters. The van der Waals surface area contributed by atoms with Gasteiger partial charge in [0.2, 0.25) is 15.9 Å². The maximum absolute atomic E-state index is 15.6. The highest BCUT2D eigenvalue weighted by atomic mass is 35.5.